The molecule has 0 unspecified atom stereocenters. The molecule has 0 radical (unpaired) electrons. The number of aryl methyl sites for hydroxylation is 1. The molecule has 1 aromatic carbocycles. The van der Waals surface area contributed by atoms with Crippen molar-refractivity contribution < 1.29 is 9.59 Å². The second-order valence-corrected chi connectivity index (χ2v) is 6.65. The van der Waals surface area contributed by atoms with Crippen molar-refractivity contribution in [3.8, 4) is 0 Å². The number of rotatable bonds is 3. The van der Waals surface area contributed by atoms with E-state index < -0.39 is 0 Å². The van der Waals surface area contributed by atoms with E-state index in [1.807, 2.05) is 35.9 Å². The maximum absolute atomic E-state index is 11.8. The van der Waals surface area contributed by atoms with Crippen molar-refractivity contribution in [2.24, 2.45) is 12.1 Å². The predicted molar refractivity (Wildman–Crippen MR) is 83.9 cm³/mol. The van der Waals surface area contributed by atoms with E-state index in [1.54, 1.807) is 0 Å². The van der Waals surface area contributed by atoms with Gasteiger partial charge in [-0.05, 0) is 12.1 Å². The minimum absolute atomic E-state index is 0.0439. The molecule has 1 aliphatic heterocycles. The highest BCUT2D eigenvalue weighted by Crippen LogP contribution is 2.16. The second-order valence-electron chi connectivity index (χ2n) is 4.59. The van der Waals surface area contributed by atoms with Gasteiger partial charge in [-0.1, -0.05) is 35.2 Å². The molecule has 21 heavy (non-hydrogen) atoms. The van der Waals surface area contributed by atoms with E-state index in [1.165, 1.54) is 28.0 Å². The van der Waals surface area contributed by atoms with Crippen LogP contribution in [0, 0.1) is 0 Å². The summed E-state index contributed by atoms with van der Waals surface area (Å²) in [6.07, 6.45) is 0. The Kier molecular flexibility index (Phi) is 3.98. The molecule has 1 aliphatic rings. The van der Waals surface area contributed by atoms with Crippen LogP contribution in [0.4, 0.5) is 4.79 Å². The lowest BCUT2D eigenvalue weighted by molar-refractivity contribution is -0.121. The zero-order valence-electron chi connectivity index (χ0n) is 11.4. The number of fused-ring (bicyclic) bond motifs is 1. The van der Waals surface area contributed by atoms with Crippen molar-refractivity contribution in [3.63, 3.8) is 0 Å². The second kappa shape index (κ2) is 5.90. The van der Waals surface area contributed by atoms with Crippen LogP contribution in [0.5, 0.6) is 0 Å². The van der Waals surface area contributed by atoms with E-state index in [4.69, 9.17) is 0 Å². The van der Waals surface area contributed by atoms with Gasteiger partial charge in [-0.2, -0.15) is 0 Å². The summed E-state index contributed by atoms with van der Waals surface area (Å²) in [5.41, 5.74) is 3.59. The predicted octanol–water partition coefficient (Wildman–Crippen LogP) is 1.34. The number of hydrogen-bond acceptors (Lipinski definition) is 5. The number of thiazole rings is 1. The number of amides is 2. The molecule has 0 saturated carbocycles. The molecule has 0 spiro atoms. The topological polar surface area (TPSA) is 66.7 Å². The molecule has 1 fully saturated rings. The third-order valence-corrected chi connectivity index (χ3v) is 5.18. The summed E-state index contributed by atoms with van der Waals surface area (Å²) in [4.78, 5) is 25.5. The van der Waals surface area contributed by atoms with E-state index >= 15 is 0 Å². The van der Waals surface area contributed by atoms with Crippen LogP contribution in [0.3, 0.4) is 0 Å². The molecule has 1 saturated heterocycles. The molecule has 0 atom stereocenters. The fraction of sp³-hybridized carbons (Fsp3) is 0.308. The molecule has 2 heterocycles. The lowest BCUT2D eigenvalue weighted by atomic mass is 10.3. The van der Waals surface area contributed by atoms with Gasteiger partial charge in [-0.15, -0.1) is 5.10 Å². The molecule has 2 amide bonds. The number of carbonyl (C=O) groups excluding carboxylic acids is 2. The van der Waals surface area contributed by atoms with Crippen molar-refractivity contribution in [3.05, 3.63) is 29.1 Å². The number of carbonyl (C=O) groups is 2. The number of nitrogens with zero attached hydrogens (tertiary/aromatic N) is 3. The van der Waals surface area contributed by atoms with Crippen LogP contribution in [-0.2, 0) is 11.8 Å². The highest BCUT2D eigenvalue weighted by atomic mass is 32.2. The summed E-state index contributed by atoms with van der Waals surface area (Å²) < 4.78 is 3.04. The average molecular weight is 322 g/mol. The third kappa shape index (κ3) is 2.96. The minimum atomic E-state index is -0.275. The van der Waals surface area contributed by atoms with Crippen LogP contribution in [0.25, 0.3) is 10.2 Å². The van der Waals surface area contributed by atoms with Gasteiger partial charge in [0.15, 0.2) is 0 Å². The Bertz CT molecular complexity index is 765. The molecule has 8 heteroatoms. The van der Waals surface area contributed by atoms with Gasteiger partial charge in [-0.25, -0.2) is 5.43 Å². The highest BCUT2D eigenvalue weighted by Gasteiger charge is 2.22. The van der Waals surface area contributed by atoms with E-state index in [2.05, 4.69) is 10.5 Å². The summed E-state index contributed by atoms with van der Waals surface area (Å²) in [5.74, 6) is 0.470. The van der Waals surface area contributed by atoms with Crippen LogP contribution in [0.15, 0.2) is 29.4 Å². The van der Waals surface area contributed by atoms with Gasteiger partial charge in [0.1, 0.15) is 6.54 Å². The first-order valence-corrected chi connectivity index (χ1v) is 8.24. The van der Waals surface area contributed by atoms with Crippen molar-refractivity contribution >= 4 is 44.5 Å². The van der Waals surface area contributed by atoms with Gasteiger partial charge < -0.3 is 9.47 Å². The Hall–Kier alpha value is -1.80. The first-order chi connectivity index (χ1) is 10.1. The Morgan fingerprint density at radius 3 is 2.95 bits per heavy atom. The number of hydrogen-bond donors (Lipinski definition) is 1. The van der Waals surface area contributed by atoms with E-state index in [9.17, 15) is 9.59 Å². The van der Waals surface area contributed by atoms with E-state index in [-0.39, 0.29) is 17.7 Å². The van der Waals surface area contributed by atoms with Crippen LogP contribution in [0.1, 0.15) is 0 Å². The van der Waals surface area contributed by atoms with E-state index in [0.717, 1.165) is 16.0 Å². The monoisotopic (exact) mass is 322 g/mol. The molecule has 2 aromatic rings. The number of benzene rings is 1. The van der Waals surface area contributed by atoms with Gasteiger partial charge in [0.25, 0.3) is 11.1 Å². The number of thioether (sulfide) groups is 1. The lowest BCUT2D eigenvalue weighted by Crippen LogP contribution is -2.36. The molecule has 0 bridgehead atoms. The maximum Gasteiger partial charge on any atom is 0.282 e. The summed E-state index contributed by atoms with van der Waals surface area (Å²) in [5, 5.41) is 4.10. The fourth-order valence-corrected chi connectivity index (χ4v) is 3.88. The third-order valence-electron chi connectivity index (χ3n) is 3.17. The summed E-state index contributed by atoms with van der Waals surface area (Å²) in [6, 6.07) is 7.96. The molecule has 0 aliphatic carbocycles. The minimum Gasteiger partial charge on any atom is -0.323 e. The molecule has 1 aromatic heterocycles. The number of para-hydroxylation sites is 1. The zero-order valence-corrected chi connectivity index (χ0v) is 13.0. The Morgan fingerprint density at radius 2 is 2.24 bits per heavy atom. The number of nitrogens with one attached hydrogen (secondary N) is 1. The number of aromatic nitrogens is 1. The smallest absolute Gasteiger partial charge is 0.282 e. The van der Waals surface area contributed by atoms with Gasteiger partial charge in [0.05, 0.1) is 10.2 Å². The molecule has 110 valence electrons. The summed E-state index contributed by atoms with van der Waals surface area (Å²) in [6.45, 7) is 0.678. The fourth-order valence-electron chi connectivity index (χ4n) is 2.08. The van der Waals surface area contributed by atoms with E-state index in [0.29, 0.717) is 11.3 Å². The van der Waals surface area contributed by atoms with Crippen molar-refractivity contribution in [2.45, 2.75) is 0 Å². The van der Waals surface area contributed by atoms with Gasteiger partial charge in [0, 0.05) is 19.3 Å². The highest BCUT2D eigenvalue weighted by molar-refractivity contribution is 8.13. The van der Waals surface area contributed by atoms with Crippen LogP contribution >= 0.6 is 23.1 Å². The Balaban J connectivity index is 1.73. The van der Waals surface area contributed by atoms with Crippen LogP contribution in [0.2, 0.25) is 0 Å². The molecule has 3 rings (SSSR count). The first kappa shape index (κ1) is 14.2. The lowest BCUT2D eigenvalue weighted by Gasteiger charge is -2.11. The van der Waals surface area contributed by atoms with Crippen LogP contribution < -0.4 is 10.2 Å². The average Bonchev–Trinajstić information content (AvgIpc) is 3.02. The summed E-state index contributed by atoms with van der Waals surface area (Å²) >= 11 is 2.75. The summed E-state index contributed by atoms with van der Waals surface area (Å²) in [7, 11) is 1.91. The van der Waals surface area contributed by atoms with Gasteiger partial charge in [0.2, 0.25) is 4.80 Å². The molecular weight excluding hydrogens is 308 g/mol. The molecule has 1 N–H and O–H groups in total. The first-order valence-electron chi connectivity index (χ1n) is 6.44. The Labute approximate surface area is 129 Å². The molecular formula is C13H14N4O2S2. The maximum atomic E-state index is 11.8. The van der Waals surface area contributed by atoms with Crippen molar-refractivity contribution in [2.75, 3.05) is 18.8 Å². The molecule has 6 nitrogen and oxygen atoms in total. The largest absolute Gasteiger partial charge is 0.323 e. The standard InChI is InChI=1S/C13H14N4O2S2/c1-16-9-4-2-3-5-10(9)21-12(16)15-14-11(18)8-17-6-7-20-13(17)19/h2-5H,6-8H2,1H3,(H,14,18)/b15-12-. The Morgan fingerprint density at radius 1 is 1.43 bits per heavy atom. The normalized spacial score (nSPS) is 16.0. The zero-order chi connectivity index (χ0) is 14.8. The van der Waals surface area contributed by atoms with Crippen molar-refractivity contribution in [1.29, 1.82) is 0 Å². The van der Waals surface area contributed by atoms with Gasteiger partial charge in [-0.3, -0.25) is 9.59 Å². The van der Waals surface area contributed by atoms with Crippen LogP contribution in [-0.4, -0.2) is 39.5 Å². The van der Waals surface area contributed by atoms with Crippen molar-refractivity contribution in [1.82, 2.24) is 14.9 Å². The SMILES string of the molecule is Cn1/c(=N/NC(=O)CN2CCSC2=O)sc2ccccc21. The van der Waals surface area contributed by atoms with Gasteiger partial charge >= 0.3 is 0 Å². The quantitative estimate of drug-likeness (QED) is 0.867.